The Balaban J connectivity index is 3.70. The minimum absolute atomic E-state index is 0.0423. The molecular formula is C13H27ClN10. The van der Waals surface area contributed by atoms with Crippen molar-refractivity contribution < 1.29 is 0 Å². The third kappa shape index (κ3) is 13.4. The number of nitriles is 1. The minimum Gasteiger partial charge on any atom is -0.356 e. The first-order chi connectivity index (χ1) is 11.6. The van der Waals surface area contributed by atoms with E-state index in [1.807, 2.05) is 0 Å². The molecule has 0 radical (unpaired) electrons. The summed E-state index contributed by atoms with van der Waals surface area (Å²) in [6.45, 7) is 2.47. The van der Waals surface area contributed by atoms with E-state index in [1.54, 1.807) is 6.19 Å². The van der Waals surface area contributed by atoms with Crippen LogP contribution in [0.15, 0.2) is 4.51 Å². The van der Waals surface area contributed by atoms with Gasteiger partial charge in [0.1, 0.15) is 0 Å². The summed E-state index contributed by atoms with van der Waals surface area (Å²) in [6, 6.07) is 0. The molecule has 0 saturated carbocycles. The van der Waals surface area contributed by atoms with E-state index in [9.17, 15) is 0 Å². The zero-order chi connectivity index (χ0) is 18.0. The Hall–Kier alpha value is -2.25. The van der Waals surface area contributed by atoms with Gasteiger partial charge in [0.2, 0.25) is 11.9 Å². The standard InChI is InChI=1S/C13H27ClN10/c14-24-13(21-9-5-8-19-11(17)22-10-16)23-12(18)20-7-4-2-1-3-6-15/h1-9,15H2,(H3,17,19,22)(H4,18,20,21,23,24). The molecule has 0 aromatic carbocycles. The summed E-state index contributed by atoms with van der Waals surface area (Å²) in [5.74, 6) is 0.362. The molecule has 136 valence electrons. The third-order valence-electron chi connectivity index (χ3n) is 2.89. The number of hydrogen-bond donors (Lipinski definition) is 8. The van der Waals surface area contributed by atoms with Gasteiger partial charge < -0.3 is 21.7 Å². The first-order valence-electron chi connectivity index (χ1n) is 7.84. The number of rotatable bonds is 10. The molecule has 0 heterocycles. The lowest BCUT2D eigenvalue weighted by Crippen LogP contribution is -2.47. The van der Waals surface area contributed by atoms with Crippen LogP contribution >= 0.6 is 11.8 Å². The van der Waals surface area contributed by atoms with Crippen LogP contribution in [-0.2, 0) is 0 Å². The van der Waals surface area contributed by atoms with Crippen LogP contribution in [0.2, 0.25) is 0 Å². The summed E-state index contributed by atoms with van der Waals surface area (Å²) in [6.07, 6.45) is 6.51. The van der Waals surface area contributed by atoms with E-state index >= 15 is 0 Å². The van der Waals surface area contributed by atoms with E-state index in [0.29, 0.717) is 26.1 Å². The molecule has 0 aliphatic carbocycles. The molecule has 0 aliphatic heterocycles. The monoisotopic (exact) mass is 358 g/mol. The van der Waals surface area contributed by atoms with Gasteiger partial charge in [-0.1, -0.05) is 12.8 Å². The highest BCUT2D eigenvalue weighted by Gasteiger charge is 2.02. The fourth-order valence-corrected chi connectivity index (χ4v) is 1.80. The second kappa shape index (κ2) is 15.6. The highest BCUT2D eigenvalue weighted by Crippen LogP contribution is 1.96. The van der Waals surface area contributed by atoms with Crippen molar-refractivity contribution in [2.75, 3.05) is 26.2 Å². The largest absolute Gasteiger partial charge is 0.356 e. The molecule has 0 aromatic heterocycles. The number of guanidine groups is 3. The van der Waals surface area contributed by atoms with E-state index in [0.717, 1.165) is 32.2 Å². The molecule has 11 heteroatoms. The van der Waals surface area contributed by atoms with Gasteiger partial charge in [-0.2, -0.15) is 5.26 Å². The van der Waals surface area contributed by atoms with E-state index < -0.39 is 0 Å². The van der Waals surface area contributed by atoms with Crippen molar-refractivity contribution in [3.8, 4) is 6.19 Å². The van der Waals surface area contributed by atoms with Gasteiger partial charge in [0.15, 0.2) is 12.2 Å². The second-order valence-corrected chi connectivity index (χ2v) is 5.05. The molecule has 0 fully saturated rings. The first-order valence-corrected chi connectivity index (χ1v) is 8.17. The van der Waals surface area contributed by atoms with Crippen LogP contribution < -0.4 is 32.3 Å². The number of nitrogens with one attached hydrogen (secondary N) is 7. The molecule has 0 unspecified atom stereocenters. The summed E-state index contributed by atoms with van der Waals surface area (Å²) in [5, 5.41) is 36.9. The Labute approximate surface area is 147 Å². The fourth-order valence-electron chi connectivity index (χ4n) is 1.70. The Morgan fingerprint density at radius 1 is 0.958 bits per heavy atom. The van der Waals surface area contributed by atoms with Crippen molar-refractivity contribution in [1.29, 1.82) is 16.1 Å². The zero-order valence-electron chi connectivity index (χ0n) is 13.7. The average Bonchev–Trinajstić information content (AvgIpc) is 2.56. The Bertz CT molecular complexity index is 431. The van der Waals surface area contributed by atoms with Crippen LogP contribution in [0.4, 0.5) is 0 Å². The van der Waals surface area contributed by atoms with Crippen LogP contribution in [0.1, 0.15) is 32.1 Å². The highest BCUT2D eigenvalue weighted by molar-refractivity contribution is 6.20. The normalized spacial score (nSPS) is 10.5. The molecule has 0 aromatic rings. The molecular weight excluding hydrogens is 332 g/mol. The number of nitrogens with two attached hydrogens (primary N) is 1. The van der Waals surface area contributed by atoms with Gasteiger partial charge in [0.05, 0.1) is 0 Å². The van der Waals surface area contributed by atoms with Gasteiger partial charge in [-0.05, 0) is 25.8 Å². The van der Waals surface area contributed by atoms with Crippen LogP contribution in [0.3, 0.4) is 0 Å². The topological polar surface area (TPSA) is 170 Å². The van der Waals surface area contributed by atoms with Crippen molar-refractivity contribution in [2.45, 2.75) is 32.1 Å². The lowest BCUT2D eigenvalue weighted by atomic mass is 10.2. The molecule has 10 nitrogen and oxygen atoms in total. The lowest BCUT2D eigenvalue weighted by Gasteiger charge is -2.13. The summed E-state index contributed by atoms with van der Waals surface area (Å²) in [5.41, 5.74) is 5.43. The first kappa shape index (κ1) is 21.8. The Kier molecular flexibility index (Phi) is 14.2. The van der Waals surface area contributed by atoms with Gasteiger partial charge in [-0.25, -0.2) is 0 Å². The van der Waals surface area contributed by atoms with Gasteiger partial charge in [0.25, 0.3) is 0 Å². The van der Waals surface area contributed by atoms with Crippen molar-refractivity contribution in [2.24, 2.45) is 10.2 Å². The van der Waals surface area contributed by atoms with Crippen molar-refractivity contribution in [3.63, 3.8) is 0 Å². The van der Waals surface area contributed by atoms with Crippen molar-refractivity contribution >= 4 is 29.7 Å². The van der Waals surface area contributed by atoms with Crippen molar-refractivity contribution in [1.82, 2.24) is 26.6 Å². The van der Waals surface area contributed by atoms with Gasteiger partial charge in [-0.3, -0.25) is 21.5 Å². The molecule has 0 spiro atoms. The van der Waals surface area contributed by atoms with E-state index in [-0.39, 0.29) is 17.9 Å². The van der Waals surface area contributed by atoms with E-state index in [2.05, 4.69) is 31.1 Å². The number of hydrogen-bond acceptors (Lipinski definition) is 5. The molecule has 24 heavy (non-hydrogen) atoms. The third-order valence-corrected chi connectivity index (χ3v) is 3.06. The Morgan fingerprint density at radius 2 is 1.58 bits per heavy atom. The predicted molar refractivity (Wildman–Crippen MR) is 96.8 cm³/mol. The molecule has 0 atom stereocenters. The number of unbranched alkanes of at least 4 members (excludes halogenated alkanes) is 3. The summed E-state index contributed by atoms with van der Waals surface area (Å²) in [4.78, 5) is 0. The van der Waals surface area contributed by atoms with Crippen LogP contribution in [0, 0.1) is 22.3 Å². The van der Waals surface area contributed by atoms with E-state index in [4.69, 9.17) is 33.6 Å². The Morgan fingerprint density at radius 3 is 2.25 bits per heavy atom. The zero-order valence-corrected chi connectivity index (χ0v) is 14.5. The maximum absolute atomic E-state index is 8.32. The van der Waals surface area contributed by atoms with Gasteiger partial charge in [0, 0.05) is 31.4 Å². The molecule has 0 saturated heterocycles. The van der Waals surface area contributed by atoms with Crippen LogP contribution in [-0.4, -0.2) is 44.1 Å². The van der Waals surface area contributed by atoms with E-state index in [1.165, 1.54) is 0 Å². The molecule has 0 aliphatic rings. The summed E-state index contributed by atoms with van der Waals surface area (Å²) < 4.78 is 3.51. The maximum Gasteiger partial charge on any atom is 0.215 e. The van der Waals surface area contributed by atoms with Crippen molar-refractivity contribution in [3.05, 3.63) is 0 Å². The minimum atomic E-state index is -0.0423. The SMILES string of the molecule is N#CNC(=N)NCCCN/C(=N\Cl)NC(=N)NCCCCCCN. The highest BCUT2D eigenvalue weighted by atomic mass is 35.5. The number of halogens is 1. The molecule has 9 N–H and O–H groups in total. The molecule has 0 bridgehead atoms. The number of nitrogens with zero attached hydrogens (tertiary/aromatic N) is 2. The van der Waals surface area contributed by atoms with Gasteiger partial charge in [-0.15, -0.1) is 4.51 Å². The summed E-state index contributed by atoms with van der Waals surface area (Å²) in [7, 11) is 0. The average molecular weight is 359 g/mol. The van der Waals surface area contributed by atoms with Crippen LogP contribution in [0.5, 0.6) is 0 Å². The fraction of sp³-hybridized carbons (Fsp3) is 0.692. The predicted octanol–water partition coefficient (Wildman–Crippen LogP) is -0.296. The molecule has 0 rings (SSSR count). The van der Waals surface area contributed by atoms with Gasteiger partial charge >= 0.3 is 0 Å². The quantitative estimate of drug-likeness (QED) is 0.0870. The lowest BCUT2D eigenvalue weighted by molar-refractivity contribution is 0.634. The molecule has 0 amide bonds. The smallest absolute Gasteiger partial charge is 0.215 e. The van der Waals surface area contributed by atoms with Crippen LogP contribution in [0.25, 0.3) is 0 Å². The summed E-state index contributed by atoms with van der Waals surface area (Å²) >= 11 is 5.47. The maximum atomic E-state index is 8.32. The second-order valence-electron chi connectivity index (χ2n) is 4.88.